The van der Waals surface area contributed by atoms with Crippen LogP contribution in [0, 0.1) is 0 Å². The highest BCUT2D eigenvalue weighted by Crippen LogP contribution is 2.39. The summed E-state index contributed by atoms with van der Waals surface area (Å²) in [6, 6.07) is 5.33. The lowest BCUT2D eigenvalue weighted by atomic mass is 10.1. The Morgan fingerprint density at radius 3 is 3.00 bits per heavy atom. The number of nitrogens with one attached hydrogen (secondary N) is 1. The van der Waals surface area contributed by atoms with Gasteiger partial charge in [-0.1, -0.05) is 11.6 Å². The van der Waals surface area contributed by atoms with E-state index < -0.39 is 0 Å². The van der Waals surface area contributed by atoms with E-state index in [4.69, 9.17) is 20.8 Å². The van der Waals surface area contributed by atoms with Crippen LogP contribution in [-0.4, -0.2) is 18.0 Å². The number of nitrogens with zero attached hydrogens (tertiary/aromatic N) is 1. The number of fused-ring (bicyclic) bond motifs is 1. The van der Waals surface area contributed by atoms with E-state index in [1.807, 2.05) is 0 Å². The molecular formula is C14H11ClN2O3. The average molecular weight is 291 g/mol. The van der Waals surface area contributed by atoms with Crippen molar-refractivity contribution in [1.82, 2.24) is 4.98 Å². The molecule has 2 heterocycles. The Morgan fingerprint density at radius 1 is 1.45 bits per heavy atom. The largest absolute Gasteiger partial charge is 0.497 e. The van der Waals surface area contributed by atoms with Gasteiger partial charge < -0.3 is 14.5 Å². The van der Waals surface area contributed by atoms with Gasteiger partial charge in [-0.3, -0.25) is 4.79 Å². The quantitative estimate of drug-likeness (QED) is 0.923. The number of carbonyl (C=O) groups excluding carboxylic acids is 1. The number of carbonyl (C=O) groups is 1. The van der Waals surface area contributed by atoms with Gasteiger partial charge in [0.15, 0.2) is 12.2 Å². The molecule has 0 aliphatic carbocycles. The number of ether oxygens (including phenoxy) is 1. The van der Waals surface area contributed by atoms with Crippen LogP contribution in [0.15, 0.2) is 35.2 Å². The zero-order chi connectivity index (χ0) is 14.1. The lowest BCUT2D eigenvalue weighted by Gasteiger charge is -2.09. The number of methoxy groups -OCH3 is 1. The Bertz CT molecular complexity index is 692. The normalized spacial score (nSPS) is 14.6. The molecule has 1 aliphatic heterocycles. The van der Waals surface area contributed by atoms with Crippen molar-refractivity contribution in [2.75, 3.05) is 12.4 Å². The molecule has 0 unspecified atom stereocenters. The predicted octanol–water partition coefficient (Wildman–Crippen LogP) is 3.13. The van der Waals surface area contributed by atoms with E-state index >= 15 is 0 Å². The highest BCUT2D eigenvalue weighted by Gasteiger charge is 2.23. The molecule has 0 radical (unpaired) electrons. The standard InChI is InChI=1S/C14H11ClN2O3/c1-19-8-2-3-9-11(4-8)17-13(18)5-10(14(9)15)12-6-16-7-20-12/h2-4,6-7H,5H2,1H3,(H,17,18). The first-order valence-corrected chi connectivity index (χ1v) is 6.32. The summed E-state index contributed by atoms with van der Waals surface area (Å²) in [5.41, 5.74) is 1.96. The van der Waals surface area contributed by atoms with Crippen LogP contribution in [0.5, 0.6) is 5.75 Å². The summed E-state index contributed by atoms with van der Waals surface area (Å²) < 4.78 is 10.4. The molecule has 0 saturated carbocycles. The van der Waals surface area contributed by atoms with Gasteiger partial charge in [0.25, 0.3) is 0 Å². The van der Waals surface area contributed by atoms with Crippen LogP contribution in [0.4, 0.5) is 5.69 Å². The fourth-order valence-corrected chi connectivity index (χ4v) is 2.43. The number of hydrogen-bond acceptors (Lipinski definition) is 4. The highest BCUT2D eigenvalue weighted by atomic mass is 35.5. The van der Waals surface area contributed by atoms with Gasteiger partial charge in [-0.05, 0) is 12.1 Å². The molecule has 0 atom stereocenters. The fourth-order valence-electron chi connectivity index (χ4n) is 2.10. The smallest absolute Gasteiger partial charge is 0.229 e. The molecule has 102 valence electrons. The van der Waals surface area contributed by atoms with E-state index in [1.54, 1.807) is 31.5 Å². The third kappa shape index (κ3) is 2.16. The van der Waals surface area contributed by atoms with Gasteiger partial charge in [0, 0.05) is 17.2 Å². The minimum atomic E-state index is -0.165. The molecule has 1 aromatic heterocycles. The lowest BCUT2D eigenvalue weighted by molar-refractivity contribution is -0.115. The summed E-state index contributed by atoms with van der Waals surface area (Å²) in [6.45, 7) is 0. The SMILES string of the molecule is COc1ccc2c(c1)NC(=O)CC(c1cnco1)=C2Cl. The maximum atomic E-state index is 12.0. The second-order valence-electron chi connectivity index (χ2n) is 4.29. The molecule has 0 fully saturated rings. The Balaban J connectivity index is 2.17. The molecule has 2 aromatic rings. The zero-order valence-corrected chi connectivity index (χ0v) is 11.4. The molecule has 1 amide bonds. The molecule has 1 N–H and O–H groups in total. The number of aromatic nitrogens is 1. The average Bonchev–Trinajstić information content (AvgIpc) is 2.94. The zero-order valence-electron chi connectivity index (χ0n) is 10.6. The minimum Gasteiger partial charge on any atom is -0.497 e. The summed E-state index contributed by atoms with van der Waals surface area (Å²) in [5.74, 6) is 0.979. The number of oxazole rings is 1. The van der Waals surface area contributed by atoms with Gasteiger partial charge in [-0.25, -0.2) is 4.98 Å². The Morgan fingerprint density at radius 2 is 2.30 bits per heavy atom. The van der Waals surface area contributed by atoms with Crippen LogP contribution in [0.1, 0.15) is 17.7 Å². The first-order chi connectivity index (χ1) is 9.69. The molecule has 3 rings (SSSR count). The molecule has 0 bridgehead atoms. The number of rotatable bonds is 2. The Hall–Kier alpha value is -2.27. The predicted molar refractivity (Wildman–Crippen MR) is 75.4 cm³/mol. The van der Waals surface area contributed by atoms with Gasteiger partial charge in [0.1, 0.15) is 5.75 Å². The molecule has 0 spiro atoms. The van der Waals surface area contributed by atoms with Crippen molar-refractivity contribution in [3.8, 4) is 5.75 Å². The van der Waals surface area contributed by atoms with Crippen molar-refractivity contribution in [3.05, 3.63) is 42.1 Å². The first-order valence-electron chi connectivity index (χ1n) is 5.95. The first kappa shape index (κ1) is 12.7. The van der Waals surface area contributed by atoms with E-state index in [9.17, 15) is 4.79 Å². The minimum absolute atomic E-state index is 0.130. The second kappa shape index (κ2) is 5.02. The molecule has 20 heavy (non-hydrogen) atoms. The van der Waals surface area contributed by atoms with Crippen molar-refractivity contribution in [2.24, 2.45) is 0 Å². The van der Waals surface area contributed by atoms with E-state index in [1.165, 1.54) is 6.39 Å². The van der Waals surface area contributed by atoms with Gasteiger partial charge in [0.05, 0.1) is 30.4 Å². The summed E-state index contributed by atoms with van der Waals surface area (Å²) >= 11 is 6.43. The maximum Gasteiger partial charge on any atom is 0.229 e. The highest BCUT2D eigenvalue weighted by molar-refractivity contribution is 6.53. The number of anilines is 1. The third-order valence-electron chi connectivity index (χ3n) is 3.07. The topological polar surface area (TPSA) is 64.4 Å². The van der Waals surface area contributed by atoms with Crippen molar-refractivity contribution in [1.29, 1.82) is 0 Å². The van der Waals surface area contributed by atoms with Crippen LogP contribution in [-0.2, 0) is 4.79 Å². The van der Waals surface area contributed by atoms with Crippen LogP contribution in [0.25, 0.3) is 10.6 Å². The maximum absolute atomic E-state index is 12.0. The van der Waals surface area contributed by atoms with Crippen molar-refractivity contribution < 1.29 is 13.9 Å². The molecular weight excluding hydrogens is 280 g/mol. The van der Waals surface area contributed by atoms with Gasteiger partial charge in [0.2, 0.25) is 5.91 Å². The number of halogens is 1. The van der Waals surface area contributed by atoms with Crippen molar-refractivity contribution >= 4 is 33.8 Å². The van der Waals surface area contributed by atoms with Crippen molar-refractivity contribution in [2.45, 2.75) is 6.42 Å². The van der Waals surface area contributed by atoms with Crippen LogP contribution in [0.2, 0.25) is 0 Å². The van der Waals surface area contributed by atoms with Gasteiger partial charge >= 0.3 is 0 Å². The second-order valence-corrected chi connectivity index (χ2v) is 4.67. The lowest BCUT2D eigenvalue weighted by Crippen LogP contribution is -2.10. The summed E-state index contributed by atoms with van der Waals surface area (Å²) in [5, 5.41) is 3.28. The molecule has 1 aliphatic rings. The fraction of sp³-hybridized carbons (Fsp3) is 0.143. The van der Waals surface area contributed by atoms with Gasteiger partial charge in [-0.15, -0.1) is 0 Å². The summed E-state index contributed by atoms with van der Waals surface area (Å²) in [7, 11) is 1.57. The van der Waals surface area contributed by atoms with E-state index in [0.717, 1.165) is 5.56 Å². The van der Waals surface area contributed by atoms with E-state index in [0.29, 0.717) is 27.8 Å². The monoisotopic (exact) mass is 290 g/mol. The molecule has 6 heteroatoms. The summed E-state index contributed by atoms with van der Waals surface area (Å²) in [6.07, 6.45) is 2.98. The van der Waals surface area contributed by atoms with E-state index in [-0.39, 0.29) is 12.3 Å². The number of amides is 1. The molecule has 5 nitrogen and oxygen atoms in total. The van der Waals surface area contributed by atoms with Crippen LogP contribution >= 0.6 is 11.6 Å². The van der Waals surface area contributed by atoms with Gasteiger partial charge in [-0.2, -0.15) is 0 Å². The molecule has 0 saturated heterocycles. The Labute approximate surface area is 120 Å². The number of hydrogen-bond donors (Lipinski definition) is 1. The number of benzene rings is 1. The van der Waals surface area contributed by atoms with E-state index in [2.05, 4.69) is 10.3 Å². The van der Waals surface area contributed by atoms with Crippen LogP contribution < -0.4 is 10.1 Å². The van der Waals surface area contributed by atoms with Crippen LogP contribution in [0.3, 0.4) is 0 Å². The molecule has 1 aromatic carbocycles. The van der Waals surface area contributed by atoms with Crippen molar-refractivity contribution in [3.63, 3.8) is 0 Å². The Kier molecular flexibility index (Phi) is 3.20. The third-order valence-corrected chi connectivity index (χ3v) is 3.50. The summed E-state index contributed by atoms with van der Waals surface area (Å²) in [4.78, 5) is 15.8.